The Bertz CT molecular complexity index is 3380. The topological polar surface area (TPSA) is 9.86 Å². The highest BCUT2D eigenvalue weighted by atomic mass is 32.1. The lowest BCUT2D eigenvalue weighted by Crippen LogP contribution is -1.95. The number of benzene rings is 9. The van der Waals surface area contributed by atoms with E-state index in [0.29, 0.717) is 0 Å². The fourth-order valence-electron chi connectivity index (χ4n) is 9.03. The SMILES string of the molecule is c1ccc(-c2ccc3c(c2)c2cc(-c4ccccc4)ccc2n3-c2ccc(-c3ccc(-n4c5ccccc5c5ccc6c7ccccc7sc6c54)cc3)cc2)cc1. The molecule has 266 valence electrons. The zero-order chi connectivity index (χ0) is 37.5. The van der Waals surface area contributed by atoms with Gasteiger partial charge in [0.05, 0.1) is 26.8 Å². The molecular formula is C54H34N2S. The van der Waals surface area contributed by atoms with Gasteiger partial charge in [-0.05, 0) is 94.0 Å². The van der Waals surface area contributed by atoms with E-state index in [2.05, 4.69) is 215 Å². The molecule has 0 aliphatic rings. The minimum Gasteiger partial charge on any atom is -0.309 e. The zero-order valence-corrected chi connectivity index (χ0v) is 31.7. The second-order valence-electron chi connectivity index (χ2n) is 14.9. The Kier molecular flexibility index (Phi) is 7.13. The summed E-state index contributed by atoms with van der Waals surface area (Å²) in [4.78, 5) is 0. The number of hydrogen-bond donors (Lipinski definition) is 0. The van der Waals surface area contributed by atoms with Crippen molar-refractivity contribution in [2.24, 2.45) is 0 Å². The number of thiophene rings is 1. The van der Waals surface area contributed by atoms with E-state index in [1.807, 2.05) is 11.3 Å². The Labute approximate surface area is 333 Å². The summed E-state index contributed by atoms with van der Waals surface area (Å²) in [7, 11) is 0. The van der Waals surface area contributed by atoms with Gasteiger partial charge in [0.2, 0.25) is 0 Å². The number of fused-ring (bicyclic) bond motifs is 10. The van der Waals surface area contributed by atoms with Crippen LogP contribution in [0, 0.1) is 0 Å². The number of nitrogens with zero attached hydrogens (tertiary/aromatic N) is 2. The van der Waals surface area contributed by atoms with Gasteiger partial charge in [-0.2, -0.15) is 0 Å². The molecule has 0 bridgehead atoms. The van der Waals surface area contributed by atoms with Crippen LogP contribution in [-0.4, -0.2) is 9.13 Å². The molecule has 0 radical (unpaired) electrons. The van der Waals surface area contributed by atoms with Crippen molar-refractivity contribution >= 4 is 75.1 Å². The summed E-state index contributed by atoms with van der Waals surface area (Å²) in [6, 6.07) is 75.5. The van der Waals surface area contributed by atoms with Crippen LogP contribution in [-0.2, 0) is 0 Å². The van der Waals surface area contributed by atoms with E-state index in [1.165, 1.54) is 103 Å². The maximum Gasteiger partial charge on any atom is 0.0719 e. The molecule has 3 aromatic heterocycles. The number of hydrogen-bond acceptors (Lipinski definition) is 1. The fourth-order valence-corrected chi connectivity index (χ4v) is 10.3. The minimum atomic E-state index is 1.15. The summed E-state index contributed by atoms with van der Waals surface area (Å²) in [6.45, 7) is 0. The smallest absolute Gasteiger partial charge is 0.0719 e. The lowest BCUT2D eigenvalue weighted by Gasteiger charge is -2.12. The van der Waals surface area contributed by atoms with Gasteiger partial charge in [-0.1, -0.05) is 146 Å². The third-order valence-corrected chi connectivity index (χ3v) is 12.9. The molecule has 2 nitrogen and oxygen atoms in total. The minimum absolute atomic E-state index is 1.15. The van der Waals surface area contributed by atoms with Gasteiger partial charge in [-0.25, -0.2) is 0 Å². The molecule has 0 N–H and O–H groups in total. The van der Waals surface area contributed by atoms with Gasteiger partial charge >= 0.3 is 0 Å². The second kappa shape index (κ2) is 12.7. The van der Waals surface area contributed by atoms with E-state index in [0.717, 1.165) is 5.69 Å². The summed E-state index contributed by atoms with van der Waals surface area (Å²) < 4.78 is 7.54. The molecular weight excluding hydrogens is 709 g/mol. The summed E-state index contributed by atoms with van der Waals surface area (Å²) in [6.07, 6.45) is 0. The second-order valence-corrected chi connectivity index (χ2v) is 16.0. The average Bonchev–Trinajstić information content (AvgIpc) is 3.94. The zero-order valence-electron chi connectivity index (χ0n) is 30.9. The van der Waals surface area contributed by atoms with E-state index in [1.54, 1.807) is 0 Å². The highest BCUT2D eigenvalue weighted by molar-refractivity contribution is 7.26. The maximum atomic E-state index is 2.46. The average molecular weight is 743 g/mol. The van der Waals surface area contributed by atoms with Crippen molar-refractivity contribution in [3.8, 4) is 44.8 Å². The molecule has 0 spiro atoms. The summed E-state index contributed by atoms with van der Waals surface area (Å²) in [5, 5.41) is 7.72. The maximum absolute atomic E-state index is 2.46. The Hall–Kier alpha value is -7.20. The normalized spacial score (nSPS) is 11.9. The third-order valence-electron chi connectivity index (χ3n) is 11.7. The predicted octanol–water partition coefficient (Wildman–Crippen LogP) is 15.2. The molecule has 0 saturated carbocycles. The van der Waals surface area contributed by atoms with Crippen molar-refractivity contribution in [3.63, 3.8) is 0 Å². The van der Waals surface area contributed by atoms with Crippen molar-refractivity contribution in [2.45, 2.75) is 0 Å². The first kappa shape index (κ1) is 32.1. The van der Waals surface area contributed by atoms with Crippen molar-refractivity contribution in [1.29, 1.82) is 0 Å². The van der Waals surface area contributed by atoms with Crippen LogP contribution in [0.25, 0.3) is 109 Å². The Morgan fingerprint density at radius 2 is 0.737 bits per heavy atom. The summed E-state index contributed by atoms with van der Waals surface area (Å²) in [5.41, 5.74) is 14.5. The van der Waals surface area contributed by atoms with Crippen LogP contribution in [0.2, 0.25) is 0 Å². The molecule has 3 heterocycles. The molecule has 12 aromatic rings. The Morgan fingerprint density at radius 1 is 0.281 bits per heavy atom. The Balaban J connectivity index is 0.957. The molecule has 12 rings (SSSR count). The van der Waals surface area contributed by atoms with Crippen LogP contribution in [0.15, 0.2) is 206 Å². The third kappa shape index (κ3) is 5.03. The molecule has 0 fully saturated rings. The standard InChI is InChI=1S/C54H34N2S/c1-3-11-35(12-4-1)39-23-31-50-47(33-39)48-34-40(36-13-5-2-6-14-36)24-32-51(48)55(50)41-25-19-37(20-26-41)38-21-27-42(28-22-38)56-49-17-9-7-15-43(49)45-29-30-46-44-16-8-10-18-52(44)57-54(46)53(45)56/h1-34H. The monoisotopic (exact) mass is 742 g/mol. The van der Waals surface area contributed by atoms with Crippen LogP contribution in [0.5, 0.6) is 0 Å². The fraction of sp³-hybridized carbons (Fsp3) is 0. The quantitative estimate of drug-likeness (QED) is 0.166. The lowest BCUT2D eigenvalue weighted by molar-refractivity contribution is 1.18. The van der Waals surface area contributed by atoms with Crippen LogP contribution in [0.4, 0.5) is 0 Å². The van der Waals surface area contributed by atoms with E-state index >= 15 is 0 Å². The van der Waals surface area contributed by atoms with E-state index in [-0.39, 0.29) is 0 Å². The van der Waals surface area contributed by atoms with Gasteiger partial charge in [0.25, 0.3) is 0 Å². The first-order valence-corrected chi connectivity index (χ1v) is 20.3. The molecule has 0 amide bonds. The van der Waals surface area contributed by atoms with Crippen LogP contribution in [0.3, 0.4) is 0 Å². The first-order valence-electron chi connectivity index (χ1n) is 19.5. The molecule has 0 atom stereocenters. The van der Waals surface area contributed by atoms with Gasteiger partial charge in [0, 0.05) is 48.4 Å². The van der Waals surface area contributed by atoms with Crippen molar-refractivity contribution < 1.29 is 0 Å². The highest BCUT2D eigenvalue weighted by Crippen LogP contribution is 2.43. The lowest BCUT2D eigenvalue weighted by atomic mass is 10.0. The van der Waals surface area contributed by atoms with Gasteiger partial charge in [0.15, 0.2) is 0 Å². The van der Waals surface area contributed by atoms with Crippen LogP contribution >= 0.6 is 11.3 Å². The van der Waals surface area contributed by atoms with E-state index in [9.17, 15) is 0 Å². The van der Waals surface area contributed by atoms with Gasteiger partial charge in [-0.15, -0.1) is 11.3 Å². The number of rotatable bonds is 5. The summed E-state index contributed by atoms with van der Waals surface area (Å²) >= 11 is 1.89. The molecule has 0 aliphatic carbocycles. The molecule has 0 saturated heterocycles. The molecule has 3 heteroatoms. The Morgan fingerprint density at radius 3 is 1.35 bits per heavy atom. The number of aromatic nitrogens is 2. The van der Waals surface area contributed by atoms with Crippen molar-refractivity contribution in [1.82, 2.24) is 9.13 Å². The van der Waals surface area contributed by atoms with Gasteiger partial charge in [0.1, 0.15) is 0 Å². The highest BCUT2D eigenvalue weighted by Gasteiger charge is 2.18. The van der Waals surface area contributed by atoms with Gasteiger partial charge < -0.3 is 9.13 Å². The summed E-state index contributed by atoms with van der Waals surface area (Å²) in [5.74, 6) is 0. The molecule has 57 heavy (non-hydrogen) atoms. The largest absolute Gasteiger partial charge is 0.309 e. The molecule has 9 aromatic carbocycles. The molecule has 0 unspecified atom stereocenters. The van der Waals surface area contributed by atoms with Crippen LogP contribution < -0.4 is 0 Å². The van der Waals surface area contributed by atoms with Crippen molar-refractivity contribution in [3.05, 3.63) is 206 Å². The predicted molar refractivity (Wildman–Crippen MR) is 244 cm³/mol. The van der Waals surface area contributed by atoms with Gasteiger partial charge in [-0.3, -0.25) is 0 Å². The van der Waals surface area contributed by atoms with Crippen LogP contribution in [0.1, 0.15) is 0 Å². The van der Waals surface area contributed by atoms with E-state index < -0.39 is 0 Å². The molecule has 0 aliphatic heterocycles. The first-order chi connectivity index (χ1) is 28.3. The number of para-hydroxylation sites is 1. The van der Waals surface area contributed by atoms with Crippen molar-refractivity contribution in [2.75, 3.05) is 0 Å². The van der Waals surface area contributed by atoms with E-state index in [4.69, 9.17) is 0 Å².